The maximum Gasteiger partial charge on any atom is 0.231 e. The third kappa shape index (κ3) is 2.91. The van der Waals surface area contributed by atoms with Crippen molar-refractivity contribution in [1.82, 2.24) is 25.3 Å². The highest BCUT2D eigenvalue weighted by atomic mass is 16.5. The van der Waals surface area contributed by atoms with Gasteiger partial charge in [0.25, 0.3) is 0 Å². The lowest BCUT2D eigenvalue weighted by Crippen LogP contribution is -2.32. The second-order valence-corrected chi connectivity index (χ2v) is 6.56. The molecule has 0 unspecified atom stereocenters. The van der Waals surface area contributed by atoms with Gasteiger partial charge in [0.05, 0.1) is 11.8 Å². The molecule has 0 bridgehead atoms. The number of aromatic amines is 1. The van der Waals surface area contributed by atoms with Crippen molar-refractivity contribution < 1.29 is 9.32 Å². The Bertz CT molecular complexity index is 900. The third-order valence-corrected chi connectivity index (χ3v) is 4.91. The van der Waals surface area contributed by atoms with Crippen LogP contribution in [0.4, 0.5) is 0 Å². The second kappa shape index (κ2) is 6.33. The van der Waals surface area contributed by atoms with Crippen LogP contribution in [0.15, 0.2) is 35.0 Å². The lowest BCUT2D eigenvalue weighted by Gasteiger charge is -2.14. The van der Waals surface area contributed by atoms with Gasteiger partial charge in [-0.1, -0.05) is 23.4 Å². The molecule has 4 rings (SSSR count). The number of para-hydroxylation sites is 1. The molecular formula is C18H21N5O2. The fraction of sp³-hybridized carbons (Fsp3) is 0.389. The minimum atomic E-state index is -0.185. The van der Waals surface area contributed by atoms with Gasteiger partial charge in [0, 0.05) is 43.8 Å². The van der Waals surface area contributed by atoms with Crippen molar-refractivity contribution in [3.8, 4) is 0 Å². The minimum absolute atomic E-state index is 0.0160. The van der Waals surface area contributed by atoms with Gasteiger partial charge in [-0.25, -0.2) is 0 Å². The Hall–Kier alpha value is -2.67. The van der Waals surface area contributed by atoms with Crippen LogP contribution in [0.5, 0.6) is 0 Å². The lowest BCUT2D eigenvalue weighted by molar-refractivity contribution is -0.124. The molecule has 0 radical (unpaired) electrons. The first-order chi connectivity index (χ1) is 12.2. The number of aryl methyl sites for hydroxylation is 1. The number of hydrogen-bond acceptors (Lipinski definition) is 5. The molecule has 3 heterocycles. The molecule has 130 valence electrons. The van der Waals surface area contributed by atoms with E-state index in [9.17, 15) is 4.79 Å². The average molecular weight is 339 g/mol. The summed E-state index contributed by atoms with van der Waals surface area (Å²) in [5.41, 5.74) is 2.36. The van der Waals surface area contributed by atoms with Gasteiger partial charge in [0.2, 0.25) is 11.8 Å². The Balaban J connectivity index is 1.58. The van der Waals surface area contributed by atoms with Gasteiger partial charge < -0.3 is 14.8 Å². The Morgan fingerprint density at radius 3 is 3.00 bits per heavy atom. The highest BCUT2D eigenvalue weighted by Gasteiger charge is 2.41. The molecule has 1 aliphatic rings. The van der Waals surface area contributed by atoms with Gasteiger partial charge in [-0.3, -0.25) is 9.69 Å². The van der Waals surface area contributed by atoms with Crippen molar-refractivity contribution in [2.45, 2.75) is 19.4 Å². The fourth-order valence-electron chi connectivity index (χ4n) is 3.68. The number of carbonyl (C=O) groups excluding carboxylic acids is 1. The summed E-state index contributed by atoms with van der Waals surface area (Å²) < 4.78 is 5.35. The number of hydrogen-bond donors (Lipinski definition) is 2. The predicted octanol–water partition coefficient (Wildman–Crippen LogP) is 1.82. The normalized spacial score (nSPS) is 21.0. The molecule has 1 aliphatic heterocycles. The Morgan fingerprint density at radius 2 is 2.24 bits per heavy atom. The Labute approximate surface area is 145 Å². The molecule has 25 heavy (non-hydrogen) atoms. The molecular weight excluding hydrogens is 318 g/mol. The van der Waals surface area contributed by atoms with Crippen molar-refractivity contribution in [1.29, 1.82) is 0 Å². The van der Waals surface area contributed by atoms with Crippen LogP contribution < -0.4 is 5.32 Å². The van der Waals surface area contributed by atoms with Crippen LogP contribution in [0.3, 0.4) is 0 Å². The number of nitrogens with zero attached hydrogens (tertiary/aromatic N) is 3. The molecule has 0 spiro atoms. The van der Waals surface area contributed by atoms with E-state index in [0.717, 1.165) is 18.6 Å². The van der Waals surface area contributed by atoms with E-state index in [-0.39, 0.29) is 17.7 Å². The van der Waals surface area contributed by atoms with Crippen LogP contribution in [-0.2, 0) is 11.3 Å². The molecule has 1 aromatic carbocycles. The highest BCUT2D eigenvalue weighted by Crippen LogP contribution is 2.33. The Kier molecular flexibility index (Phi) is 4.01. The summed E-state index contributed by atoms with van der Waals surface area (Å²) in [6, 6.07) is 8.25. The smallest absolute Gasteiger partial charge is 0.231 e. The summed E-state index contributed by atoms with van der Waals surface area (Å²) in [5.74, 6) is 0.900. The summed E-state index contributed by atoms with van der Waals surface area (Å²) in [6.07, 6.45) is 2.05. The monoisotopic (exact) mass is 339 g/mol. The highest BCUT2D eigenvalue weighted by molar-refractivity contribution is 5.83. The number of fused-ring (bicyclic) bond motifs is 1. The van der Waals surface area contributed by atoms with E-state index in [0.29, 0.717) is 18.3 Å². The van der Waals surface area contributed by atoms with E-state index >= 15 is 0 Å². The number of nitrogens with one attached hydrogen (secondary N) is 2. The van der Waals surface area contributed by atoms with E-state index < -0.39 is 0 Å². The molecule has 7 nitrogen and oxygen atoms in total. The van der Waals surface area contributed by atoms with Crippen molar-refractivity contribution in [3.63, 3.8) is 0 Å². The number of benzene rings is 1. The molecule has 2 N–H and O–H groups in total. The quantitative estimate of drug-likeness (QED) is 0.757. The molecule has 0 aliphatic carbocycles. The van der Waals surface area contributed by atoms with Crippen LogP contribution in [0, 0.1) is 12.8 Å². The van der Waals surface area contributed by atoms with Gasteiger partial charge in [0.15, 0.2) is 5.82 Å². The van der Waals surface area contributed by atoms with Crippen LogP contribution in [0.2, 0.25) is 0 Å². The molecule has 1 amide bonds. The van der Waals surface area contributed by atoms with E-state index in [2.05, 4.69) is 37.5 Å². The zero-order chi connectivity index (χ0) is 17.4. The first-order valence-electron chi connectivity index (χ1n) is 8.45. The van der Waals surface area contributed by atoms with E-state index in [4.69, 9.17) is 4.52 Å². The number of H-pyrrole nitrogens is 1. The molecule has 1 fully saturated rings. The van der Waals surface area contributed by atoms with Gasteiger partial charge in [0.1, 0.15) is 0 Å². The third-order valence-electron chi connectivity index (χ3n) is 4.91. The summed E-state index contributed by atoms with van der Waals surface area (Å²) in [5, 5.41) is 7.86. The maximum atomic E-state index is 12.3. The Morgan fingerprint density at radius 1 is 1.40 bits per heavy atom. The minimum Gasteiger partial charge on any atom is -0.361 e. The first kappa shape index (κ1) is 15.8. The zero-order valence-corrected chi connectivity index (χ0v) is 14.3. The summed E-state index contributed by atoms with van der Waals surface area (Å²) in [4.78, 5) is 22.3. The zero-order valence-electron chi connectivity index (χ0n) is 14.3. The predicted molar refractivity (Wildman–Crippen MR) is 92.9 cm³/mol. The number of carbonyl (C=O) groups is 1. The van der Waals surface area contributed by atoms with Crippen LogP contribution >= 0.6 is 0 Å². The number of amides is 1. The number of rotatable bonds is 4. The summed E-state index contributed by atoms with van der Waals surface area (Å²) >= 11 is 0. The molecule has 3 aromatic rings. The van der Waals surface area contributed by atoms with Crippen LogP contribution in [-0.4, -0.2) is 46.1 Å². The van der Waals surface area contributed by atoms with E-state index in [1.165, 1.54) is 10.9 Å². The molecule has 2 atom stereocenters. The molecule has 7 heteroatoms. The SMILES string of the molecule is CNC(=O)[C@@H]1CN(Cc2c[nH]c3ccccc23)C[C@H]1c1nc(C)no1. The van der Waals surface area contributed by atoms with Crippen LogP contribution in [0.1, 0.15) is 23.2 Å². The van der Waals surface area contributed by atoms with E-state index in [1.807, 2.05) is 18.3 Å². The van der Waals surface area contributed by atoms with Crippen molar-refractivity contribution in [2.75, 3.05) is 20.1 Å². The van der Waals surface area contributed by atoms with Crippen LogP contribution in [0.25, 0.3) is 10.9 Å². The number of aromatic nitrogens is 3. The van der Waals surface area contributed by atoms with Gasteiger partial charge in [-0.05, 0) is 18.6 Å². The second-order valence-electron chi connectivity index (χ2n) is 6.56. The van der Waals surface area contributed by atoms with Crippen molar-refractivity contribution >= 4 is 16.8 Å². The standard InChI is InChI=1S/C18H21N5O2/c1-11-21-18(25-22-11)15-10-23(9-14(15)17(24)19-2)8-12-7-20-16-6-4-3-5-13(12)16/h3-7,14-15,20H,8-10H2,1-2H3,(H,19,24)/t14-,15-/m1/s1. The van der Waals surface area contributed by atoms with Gasteiger partial charge in [-0.2, -0.15) is 4.98 Å². The van der Waals surface area contributed by atoms with Crippen molar-refractivity contribution in [2.24, 2.45) is 5.92 Å². The molecule has 2 aromatic heterocycles. The molecule has 1 saturated heterocycles. The molecule has 0 saturated carbocycles. The first-order valence-corrected chi connectivity index (χ1v) is 8.45. The number of likely N-dealkylation sites (tertiary alicyclic amines) is 1. The summed E-state index contributed by atoms with van der Waals surface area (Å²) in [6.45, 7) is 3.96. The average Bonchev–Trinajstić information content (AvgIpc) is 3.33. The van der Waals surface area contributed by atoms with Gasteiger partial charge in [-0.15, -0.1) is 0 Å². The largest absolute Gasteiger partial charge is 0.361 e. The maximum absolute atomic E-state index is 12.3. The van der Waals surface area contributed by atoms with Gasteiger partial charge >= 0.3 is 0 Å². The lowest BCUT2D eigenvalue weighted by atomic mass is 9.95. The summed E-state index contributed by atoms with van der Waals surface area (Å²) in [7, 11) is 1.67. The van der Waals surface area contributed by atoms with Crippen molar-refractivity contribution in [3.05, 3.63) is 47.7 Å². The topological polar surface area (TPSA) is 87.0 Å². The van der Waals surface area contributed by atoms with E-state index in [1.54, 1.807) is 14.0 Å². The fourth-order valence-corrected chi connectivity index (χ4v) is 3.68.